The van der Waals surface area contributed by atoms with Crippen LogP contribution in [0.5, 0.6) is 5.75 Å². The first-order chi connectivity index (χ1) is 16.4. The zero-order chi connectivity index (χ0) is 24.2. The van der Waals surface area contributed by atoms with E-state index < -0.39 is 29.9 Å². The van der Waals surface area contributed by atoms with E-state index in [9.17, 15) is 23.5 Å². The van der Waals surface area contributed by atoms with Crippen molar-refractivity contribution in [3.8, 4) is 5.75 Å². The largest absolute Gasteiger partial charge is 0.487 e. The van der Waals surface area contributed by atoms with Crippen LogP contribution < -0.4 is 15.4 Å². The van der Waals surface area contributed by atoms with Crippen molar-refractivity contribution in [3.05, 3.63) is 59.2 Å². The van der Waals surface area contributed by atoms with Crippen molar-refractivity contribution >= 4 is 17.5 Å². The normalized spacial score (nSPS) is 22.9. The molecule has 0 aliphatic carbocycles. The first-order valence-electron chi connectivity index (χ1n) is 10.9. The summed E-state index contributed by atoms with van der Waals surface area (Å²) < 4.78 is 43.9. The molecule has 8 nitrogen and oxygen atoms in total. The topological polar surface area (TPSA) is 106 Å². The van der Waals surface area contributed by atoms with Crippen molar-refractivity contribution in [1.29, 1.82) is 0 Å². The zero-order valence-electron chi connectivity index (χ0n) is 18.6. The number of hydrogen-bond acceptors (Lipinski definition) is 6. The van der Waals surface area contributed by atoms with Gasteiger partial charge in [-0.3, -0.25) is 9.59 Å². The van der Waals surface area contributed by atoms with Crippen molar-refractivity contribution < 1.29 is 37.7 Å². The maximum Gasteiger partial charge on any atom is 0.250 e. The molecule has 2 heterocycles. The number of nitrogens with one attached hydrogen (secondary N) is 2. The third-order valence-corrected chi connectivity index (χ3v) is 5.96. The Morgan fingerprint density at radius 1 is 1.18 bits per heavy atom. The van der Waals surface area contributed by atoms with E-state index in [1.165, 1.54) is 7.11 Å². The van der Waals surface area contributed by atoms with Gasteiger partial charge in [-0.15, -0.1) is 0 Å². The predicted molar refractivity (Wildman–Crippen MR) is 117 cm³/mol. The fourth-order valence-electron chi connectivity index (χ4n) is 4.45. The zero-order valence-corrected chi connectivity index (χ0v) is 18.6. The molecule has 2 aliphatic rings. The average Bonchev–Trinajstić information content (AvgIpc) is 3.17. The number of aliphatic hydroxyl groups excluding tert-OH is 1. The molecule has 0 aromatic heterocycles. The maximum absolute atomic E-state index is 13.8. The van der Waals surface area contributed by atoms with Crippen molar-refractivity contribution in [2.45, 2.75) is 43.6 Å². The van der Waals surface area contributed by atoms with Gasteiger partial charge in [0.05, 0.1) is 19.1 Å². The van der Waals surface area contributed by atoms with Crippen LogP contribution in [-0.2, 0) is 25.6 Å². The standard InChI is InChI=1S/C24H26F2N2O6/c1-32-12-23(31)28-15-3-5-20-17(7-15)18-8-16(33-21(11-29)24(18)34-20)9-22(30)27-10-13-6-14(25)2-4-19(13)26/h2-7,16,18,21,24,29H,8-12H2,1H3,(H,27,30)(H,28,31)/t16-,18-,21-,24+/m1/s1. The number of amides is 2. The number of ether oxygens (including phenoxy) is 3. The number of carbonyl (C=O) groups excluding carboxylic acids is 2. The fourth-order valence-corrected chi connectivity index (χ4v) is 4.45. The summed E-state index contributed by atoms with van der Waals surface area (Å²) in [5, 5.41) is 15.2. The number of benzene rings is 2. The number of halogens is 2. The second kappa shape index (κ2) is 10.5. The Bertz CT molecular complexity index is 1070. The molecule has 1 saturated heterocycles. The monoisotopic (exact) mass is 476 g/mol. The highest BCUT2D eigenvalue weighted by Crippen LogP contribution is 2.47. The number of aliphatic hydroxyl groups is 1. The highest BCUT2D eigenvalue weighted by molar-refractivity contribution is 5.92. The van der Waals surface area contributed by atoms with Gasteiger partial charge in [-0.1, -0.05) is 0 Å². The number of rotatable bonds is 8. The van der Waals surface area contributed by atoms with E-state index in [0.717, 1.165) is 23.8 Å². The highest BCUT2D eigenvalue weighted by atomic mass is 19.1. The molecule has 2 amide bonds. The molecule has 2 aliphatic heterocycles. The Kier molecular flexibility index (Phi) is 7.40. The van der Waals surface area contributed by atoms with Gasteiger partial charge in [0.15, 0.2) is 0 Å². The number of carbonyl (C=O) groups is 2. The highest BCUT2D eigenvalue weighted by Gasteiger charge is 2.46. The van der Waals surface area contributed by atoms with E-state index in [0.29, 0.717) is 17.9 Å². The molecule has 2 aromatic rings. The van der Waals surface area contributed by atoms with Gasteiger partial charge >= 0.3 is 0 Å². The van der Waals surface area contributed by atoms with E-state index in [1.54, 1.807) is 12.1 Å². The summed E-state index contributed by atoms with van der Waals surface area (Å²) >= 11 is 0. The van der Waals surface area contributed by atoms with Gasteiger partial charge in [0.1, 0.15) is 36.2 Å². The molecule has 2 aromatic carbocycles. The molecule has 0 spiro atoms. The van der Waals surface area contributed by atoms with Crippen molar-refractivity contribution in [2.75, 3.05) is 25.6 Å². The molecule has 0 unspecified atom stereocenters. The molecular formula is C24H26F2N2O6. The molecule has 10 heteroatoms. The quantitative estimate of drug-likeness (QED) is 0.540. The molecule has 0 bridgehead atoms. The number of anilines is 1. The molecule has 34 heavy (non-hydrogen) atoms. The van der Waals surface area contributed by atoms with Gasteiger partial charge in [0.25, 0.3) is 0 Å². The van der Waals surface area contributed by atoms with Crippen molar-refractivity contribution in [3.63, 3.8) is 0 Å². The molecule has 4 atom stereocenters. The third-order valence-electron chi connectivity index (χ3n) is 5.96. The van der Waals surface area contributed by atoms with Crippen LogP contribution in [0.2, 0.25) is 0 Å². The minimum absolute atomic E-state index is 0.0176. The molecule has 3 N–H and O–H groups in total. The first-order valence-corrected chi connectivity index (χ1v) is 10.9. The van der Waals surface area contributed by atoms with E-state index in [4.69, 9.17) is 14.2 Å². The Labute approximate surface area is 195 Å². The Morgan fingerprint density at radius 2 is 2.00 bits per heavy atom. The second-order valence-corrected chi connectivity index (χ2v) is 8.35. The molecule has 0 saturated carbocycles. The van der Waals surface area contributed by atoms with Gasteiger partial charge in [0.2, 0.25) is 11.8 Å². The summed E-state index contributed by atoms with van der Waals surface area (Å²) in [6.45, 7) is -0.517. The summed E-state index contributed by atoms with van der Waals surface area (Å²) in [7, 11) is 1.43. The van der Waals surface area contributed by atoms with Gasteiger partial charge < -0.3 is 30.0 Å². The Morgan fingerprint density at radius 3 is 2.76 bits per heavy atom. The van der Waals surface area contributed by atoms with Crippen LogP contribution in [0, 0.1) is 11.6 Å². The molecular weight excluding hydrogens is 450 g/mol. The first kappa shape index (κ1) is 24.1. The molecule has 0 radical (unpaired) electrons. The van der Waals surface area contributed by atoms with Crippen LogP contribution in [0.1, 0.15) is 29.9 Å². The van der Waals surface area contributed by atoms with Crippen LogP contribution in [0.15, 0.2) is 36.4 Å². The van der Waals surface area contributed by atoms with E-state index >= 15 is 0 Å². The second-order valence-electron chi connectivity index (χ2n) is 8.35. The SMILES string of the molecule is COCC(=O)Nc1ccc2c(c1)[C@H]1C[C@H](CC(=O)NCc3cc(F)ccc3F)O[C@H](CO)[C@H]1O2. The lowest BCUT2D eigenvalue weighted by atomic mass is 9.84. The lowest BCUT2D eigenvalue weighted by Gasteiger charge is -2.37. The number of hydrogen-bond donors (Lipinski definition) is 3. The van der Waals surface area contributed by atoms with Crippen LogP contribution in [0.4, 0.5) is 14.5 Å². The van der Waals surface area contributed by atoms with Crippen molar-refractivity contribution in [1.82, 2.24) is 5.32 Å². The number of fused-ring (bicyclic) bond motifs is 3. The fraction of sp³-hybridized carbons (Fsp3) is 0.417. The van der Waals surface area contributed by atoms with Crippen LogP contribution >= 0.6 is 0 Å². The summed E-state index contributed by atoms with van der Waals surface area (Å²) in [6.07, 6.45) is -1.15. The van der Waals surface area contributed by atoms with Crippen LogP contribution in [0.25, 0.3) is 0 Å². The molecule has 4 rings (SSSR count). The number of methoxy groups -OCH3 is 1. The van der Waals surface area contributed by atoms with E-state index in [-0.39, 0.29) is 49.5 Å². The van der Waals surface area contributed by atoms with Gasteiger partial charge in [0, 0.05) is 36.4 Å². The minimum Gasteiger partial charge on any atom is -0.487 e. The summed E-state index contributed by atoms with van der Waals surface area (Å²) in [5.74, 6) is -1.39. The third kappa shape index (κ3) is 5.35. The van der Waals surface area contributed by atoms with Gasteiger partial charge in [-0.2, -0.15) is 0 Å². The van der Waals surface area contributed by atoms with Crippen LogP contribution in [0.3, 0.4) is 0 Å². The Hall–Kier alpha value is -3.08. The summed E-state index contributed by atoms with van der Waals surface area (Å²) in [5.41, 5.74) is 1.49. The summed E-state index contributed by atoms with van der Waals surface area (Å²) in [4.78, 5) is 24.4. The molecule has 1 fully saturated rings. The van der Waals surface area contributed by atoms with Crippen LogP contribution in [-0.4, -0.2) is 55.6 Å². The van der Waals surface area contributed by atoms with E-state index in [1.807, 2.05) is 6.07 Å². The maximum atomic E-state index is 13.8. The Balaban J connectivity index is 1.42. The van der Waals surface area contributed by atoms with E-state index in [2.05, 4.69) is 10.6 Å². The lowest BCUT2D eigenvalue weighted by molar-refractivity contribution is -0.142. The molecule has 182 valence electrons. The van der Waals surface area contributed by atoms with Crippen molar-refractivity contribution in [2.24, 2.45) is 0 Å². The van der Waals surface area contributed by atoms with Gasteiger partial charge in [-0.05, 0) is 42.8 Å². The van der Waals surface area contributed by atoms with Gasteiger partial charge in [-0.25, -0.2) is 8.78 Å². The predicted octanol–water partition coefficient (Wildman–Crippen LogP) is 2.25. The lowest BCUT2D eigenvalue weighted by Crippen LogP contribution is -2.47. The summed E-state index contributed by atoms with van der Waals surface area (Å²) in [6, 6.07) is 8.34. The average molecular weight is 476 g/mol. The minimum atomic E-state index is -0.642. The smallest absolute Gasteiger partial charge is 0.250 e.